The maximum atomic E-state index is 13.6. The van der Waals surface area contributed by atoms with Crippen molar-refractivity contribution in [3.63, 3.8) is 0 Å². The molecule has 0 rings (SSSR count). The number of hydrogen-bond acceptors (Lipinski definition) is 6. The Morgan fingerprint density at radius 2 is 0.792 bits per heavy atom. The van der Waals surface area contributed by atoms with Gasteiger partial charge in [0, 0.05) is 12.8 Å². The highest BCUT2D eigenvalue weighted by atomic mass is 31.2. The second kappa shape index (κ2) is 57.2. The molecule has 3 atom stereocenters. The van der Waals surface area contributed by atoms with Gasteiger partial charge in [0.05, 0.1) is 33.8 Å². The number of phosphoric ester groups is 1. The van der Waals surface area contributed by atoms with Crippen molar-refractivity contribution in [1.82, 2.24) is 5.32 Å². The quantitative estimate of drug-likeness (QED) is 0.0205. The second-order valence-corrected chi connectivity index (χ2v) is 25.1. The molecular formula is C67H128N2O7P+. The van der Waals surface area contributed by atoms with Gasteiger partial charge in [-0.25, -0.2) is 4.57 Å². The number of allylic oxidation sites excluding steroid dienone is 7. The average Bonchev–Trinajstić information content (AvgIpc) is 3.39. The van der Waals surface area contributed by atoms with Crippen molar-refractivity contribution in [2.45, 2.75) is 328 Å². The Morgan fingerprint density at radius 1 is 0.455 bits per heavy atom. The highest BCUT2D eigenvalue weighted by Crippen LogP contribution is 2.43. The molecule has 3 unspecified atom stereocenters. The second-order valence-electron chi connectivity index (χ2n) is 23.6. The lowest BCUT2D eigenvalue weighted by Gasteiger charge is -2.27. The van der Waals surface area contributed by atoms with Crippen LogP contribution in [0.25, 0.3) is 0 Å². The van der Waals surface area contributed by atoms with Gasteiger partial charge in [-0.1, -0.05) is 282 Å². The van der Waals surface area contributed by atoms with Gasteiger partial charge in [0.25, 0.3) is 0 Å². The minimum Gasteiger partial charge on any atom is -0.456 e. The van der Waals surface area contributed by atoms with Crippen LogP contribution in [0, 0.1) is 0 Å². The Labute approximate surface area is 478 Å². The molecule has 0 aromatic heterocycles. The van der Waals surface area contributed by atoms with Crippen LogP contribution in [0.2, 0.25) is 0 Å². The molecule has 0 aromatic carbocycles. The van der Waals surface area contributed by atoms with Gasteiger partial charge in [-0.05, 0) is 70.3 Å². The lowest BCUT2D eigenvalue weighted by Crippen LogP contribution is -2.47. The zero-order chi connectivity index (χ0) is 56.4. The van der Waals surface area contributed by atoms with Crippen LogP contribution in [0.4, 0.5) is 0 Å². The first-order valence-electron chi connectivity index (χ1n) is 33.0. The minimum atomic E-state index is -4.45. The first-order chi connectivity index (χ1) is 37.4. The number of phosphoric acid groups is 1. The van der Waals surface area contributed by atoms with Crippen molar-refractivity contribution >= 4 is 19.7 Å². The Hall–Kier alpha value is -2.03. The van der Waals surface area contributed by atoms with Gasteiger partial charge >= 0.3 is 13.8 Å². The molecule has 1 amide bonds. The van der Waals surface area contributed by atoms with E-state index in [4.69, 9.17) is 13.8 Å². The molecule has 0 aliphatic heterocycles. The molecular weight excluding hydrogens is 976 g/mol. The minimum absolute atomic E-state index is 0.0407. The van der Waals surface area contributed by atoms with Crippen LogP contribution in [0.1, 0.15) is 316 Å². The molecule has 0 aliphatic carbocycles. The zero-order valence-corrected chi connectivity index (χ0v) is 52.6. The van der Waals surface area contributed by atoms with Gasteiger partial charge in [0.15, 0.2) is 0 Å². The number of nitrogens with zero attached hydrogens (tertiary/aromatic N) is 1. The van der Waals surface area contributed by atoms with Crippen molar-refractivity contribution in [2.24, 2.45) is 0 Å². The third-order valence-electron chi connectivity index (χ3n) is 14.8. The number of quaternary nitrogens is 1. The average molecular weight is 1100 g/mol. The van der Waals surface area contributed by atoms with Crippen molar-refractivity contribution < 1.29 is 37.3 Å². The SMILES string of the molecule is CCCCC/C=C\C/C=C\C/C=C\CCCCCCCCCCCCC(=O)NC(COP(=O)(O)OCC[N+](C)(C)C)C(/C=C\CCCCCCCCCCC)OC(=O)CCCCCCCCCCCCCCCCCCC. The summed E-state index contributed by atoms with van der Waals surface area (Å²) in [7, 11) is 1.50. The van der Waals surface area contributed by atoms with E-state index in [1.165, 1.54) is 212 Å². The summed E-state index contributed by atoms with van der Waals surface area (Å²) in [5, 5.41) is 3.06. The third-order valence-corrected chi connectivity index (χ3v) is 15.8. The van der Waals surface area contributed by atoms with Crippen LogP contribution in [-0.2, 0) is 27.9 Å². The van der Waals surface area contributed by atoms with Crippen molar-refractivity contribution in [3.8, 4) is 0 Å². The fourth-order valence-electron chi connectivity index (χ4n) is 9.65. The molecule has 0 spiro atoms. The van der Waals surface area contributed by atoms with E-state index >= 15 is 0 Å². The molecule has 0 fully saturated rings. The highest BCUT2D eigenvalue weighted by molar-refractivity contribution is 7.47. The van der Waals surface area contributed by atoms with E-state index < -0.39 is 20.0 Å². The smallest absolute Gasteiger partial charge is 0.456 e. The summed E-state index contributed by atoms with van der Waals surface area (Å²) in [4.78, 5) is 37.8. The van der Waals surface area contributed by atoms with E-state index in [-0.39, 0.29) is 25.1 Å². The van der Waals surface area contributed by atoms with Crippen LogP contribution in [0.5, 0.6) is 0 Å². The largest absolute Gasteiger partial charge is 0.472 e. The monoisotopic (exact) mass is 1100 g/mol. The van der Waals surface area contributed by atoms with E-state index in [1.807, 2.05) is 33.3 Å². The van der Waals surface area contributed by atoms with E-state index in [1.54, 1.807) is 0 Å². The van der Waals surface area contributed by atoms with Crippen molar-refractivity contribution in [1.29, 1.82) is 0 Å². The van der Waals surface area contributed by atoms with Gasteiger partial charge in [-0.3, -0.25) is 18.6 Å². The third kappa shape index (κ3) is 58.4. The summed E-state index contributed by atoms with van der Waals surface area (Å²) in [6, 6.07) is -0.848. The first kappa shape index (κ1) is 75.0. The van der Waals surface area contributed by atoms with Crippen molar-refractivity contribution in [3.05, 3.63) is 48.6 Å². The lowest BCUT2D eigenvalue weighted by molar-refractivity contribution is -0.870. The lowest BCUT2D eigenvalue weighted by atomic mass is 10.0. The van der Waals surface area contributed by atoms with Gasteiger partial charge in [-0.2, -0.15) is 0 Å². The number of carbonyl (C=O) groups excluding carboxylic acids is 2. The molecule has 452 valence electrons. The number of nitrogens with one attached hydrogen (secondary N) is 1. The van der Waals surface area contributed by atoms with Crippen LogP contribution < -0.4 is 5.32 Å². The van der Waals surface area contributed by atoms with Crippen molar-refractivity contribution in [2.75, 3.05) is 40.9 Å². The predicted octanol–water partition coefficient (Wildman–Crippen LogP) is 20.5. The standard InChI is InChI=1S/C67H127N2O7P/c1-7-10-13-16-19-22-25-27-29-31-32-33-34-35-36-38-39-41-44-47-50-53-56-59-66(70)68-64(63-75-77(72,73)74-62-61-69(4,5)6)65(58-55-52-49-46-43-24-21-18-15-12-9-3)76-67(71)60-57-54-51-48-45-42-40-37-30-28-26-23-20-17-14-11-8-2/h19,22,27,29,32-33,55,58,64-65H,7-18,20-21,23-26,28,30-31,34-54,56-57,59-63H2,1-6H3,(H-,68,70,72,73)/p+1/b22-19-,29-27-,33-32-,58-55-. The fourth-order valence-corrected chi connectivity index (χ4v) is 10.4. The van der Waals surface area contributed by atoms with E-state index in [2.05, 4.69) is 62.5 Å². The summed E-state index contributed by atoms with van der Waals surface area (Å²) in [5.74, 6) is -0.497. The number of ether oxygens (including phenoxy) is 1. The summed E-state index contributed by atoms with van der Waals surface area (Å²) in [6.07, 6.45) is 71.1. The first-order valence-corrected chi connectivity index (χ1v) is 34.5. The molecule has 0 aromatic rings. The number of hydrogen-bond donors (Lipinski definition) is 2. The number of rotatable bonds is 60. The maximum absolute atomic E-state index is 13.6. The molecule has 0 aliphatic rings. The van der Waals surface area contributed by atoms with Crippen LogP contribution in [-0.4, -0.2) is 74.3 Å². The molecule has 9 nitrogen and oxygen atoms in total. The molecule has 0 heterocycles. The predicted molar refractivity (Wildman–Crippen MR) is 332 cm³/mol. The summed E-state index contributed by atoms with van der Waals surface area (Å²) in [6.45, 7) is 7.01. The zero-order valence-electron chi connectivity index (χ0n) is 51.7. The Kier molecular flexibility index (Phi) is 55.7. The Balaban J connectivity index is 5.11. The summed E-state index contributed by atoms with van der Waals surface area (Å²) >= 11 is 0. The fraction of sp³-hybridized carbons (Fsp3) is 0.851. The van der Waals surface area contributed by atoms with E-state index in [0.717, 1.165) is 70.6 Å². The number of unbranched alkanes of at least 4 members (excludes halogenated alkanes) is 38. The number of likely N-dealkylation sites (N-methyl/N-ethyl adjacent to an activating group) is 1. The summed E-state index contributed by atoms with van der Waals surface area (Å²) < 4.78 is 30.7. The molecule has 0 saturated heterocycles. The number of esters is 1. The molecule has 77 heavy (non-hydrogen) atoms. The maximum Gasteiger partial charge on any atom is 0.472 e. The van der Waals surface area contributed by atoms with Gasteiger partial charge in [-0.15, -0.1) is 0 Å². The molecule has 0 bridgehead atoms. The highest BCUT2D eigenvalue weighted by Gasteiger charge is 2.30. The van der Waals surface area contributed by atoms with Gasteiger partial charge < -0.3 is 19.4 Å². The number of amides is 1. The van der Waals surface area contributed by atoms with Crippen LogP contribution in [0.3, 0.4) is 0 Å². The Bertz CT molecular complexity index is 1460. The van der Waals surface area contributed by atoms with Gasteiger partial charge in [0.2, 0.25) is 5.91 Å². The topological polar surface area (TPSA) is 111 Å². The normalized spacial score (nSPS) is 13.9. The Morgan fingerprint density at radius 3 is 1.21 bits per heavy atom. The van der Waals surface area contributed by atoms with E-state index in [0.29, 0.717) is 23.9 Å². The molecule has 10 heteroatoms. The van der Waals surface area contributed by atoms with Crippen LogP contribution in [0.15, 0.2) is 48.6 Å². The van der Waals surface area contributed by atoms with E-state index in [9.17, 15) is 19.0 Å². The van der Waals surface area contributed by atoms with Gasteiger partial charge in [0.1, 0.15) is 19.3 Å². The molecule has 0 radical (unpaired) electrons. The molecule has 0 saturated carbocycles. The number of carbonyl (C=O) groups is 2. The molecule has 2 N–H and O–H groups in total. The summed E-state index contributed by atoms with van der Waals surface area (Å²) in [5.41, 5.74) is 0. The van der Waals surface area contributed by atoms with Crippen LogP contribution >= 0.6 is 7.82 Å².